The molecule has 0 atom stereocenters. The molecule has 1 aromatic carbocycles. The first-order valence-electron chi connectivity index (χ1n) is 9.26. The lowest BCUT2D eigenvalue weighted by molar-refractivity contribution is 0.461. The summed E-state index contributed by atoms with van der Waals surface area (Å²) in [5.41, 5.74) is 5.08. The quantitative estimate of drug-likeness (QED) is 0.620. The standard InChI is InChI=1S/C20H24N6/c1-13-10-14(8-9-18(13)26-21-2)16-11-22-19-17(16)12-23-20(25-19)24-15-6-4-3-5-7-15/h8-12,15H,3-7H2,1-2H3,(H2,22,23,24,25)/b26-21-. The van der Waals surface area contributed by atoms with Crippen LogP contribution in [0, 0.1) is 6.92 Å². The first-order chi connectivity index (χ1) is 12.7. The van der Waals surface area contributed by atoms with Gasteiger partial charge in [0.05, 0.1) is 5.69 Å². The van der Waals surface area contributed by atoms with Crippen LogP contribution >= 0.6 is 0 Å². The van der Waals surface area contributed by atoms with Gasteiger partial charge in [0.2, 0.25) is 5.95 Å². The van der Waals surface area contributed by atoms with Gasteiger partial charge in [0.25, 0.3) is 0 Å². The lowest BCUT2D eigenvalue weighted by atomic mass is 9.96. The number of nitrogens with zero attached hydrogens (tertiary/aromatic N) is 4. The maximum atomic E-state index is 4.67. The van der Waals surface area contributed by atoms with E-state index >= 15 is 0 Å². The van der Waals surface area contributed by atoms with Crippen LogP contribution in [-0.4, -0.2) is 28.0 Å². The van der Waals surface area contributed by atoms with Gasteiger partial charge in [-0.15, -0.1) is 0 Å². The first kappa shape index (κ1) is 16.7. The van der Waals surface area contributed by atoms with Crippen LogP contribution in [0.2, 0.25) is 0 Å². The lowest BCUT2D eigenvalue weighted by Gasteiger charge is -2.22. The molecule has 134 valence electrons. The van der Waals surface area contributed by atoms with Crippen LogP contribution in [0.25, 0.3) is 22.2 Å². The van der Waals surface area contributed by atoms with Crippen molar-refractivity contribution in [2.75, 3.05) is 12.4 Å². The third-order valence-corrected chi connectivity index (χ3v) is 5.09. The SMILES string of the molecule is C/N=N\c1ccc(-c2c[nH]c3nc(NC4CCCCC4)ncc23)cc1C. The summed E-state index contributed by atoms with van der Waals surface area (Å²) in [6.07, 6.45) is 10.2. The topological polar surface area (TPSA) is 78.3 Å². The van der Waals surface area contributed by atoms with Crippen molar-refractivity contribution < 1.29 is 0 Å². The number of azo groups is 1. The molecule has 1 fully saturated rings. The highest BCUT2D eigenvalue weighted by Gasteiger charge is 2.15. The van der Waals surface area contributed by atoms with Crippen molar-refractivity contribution in [2.24, 2.45) is 10.2 Å². The number of aromatic amines is 1. The molecule has 6 heteroatoms. The number of fused-ring (bicyclic) bond motifs is 1. The second-order valence-corrected chi connectivity index (χ2v) is 6.94. The third-order valence-electron chi connectivity index (χ3n) is 5.09. The molecule has 0 amide bonds. The molecule has 3 aromatic rings. The summed E-state index contributed by atoms with van der Waals surface area (Å²) in [7, 11) is 1.68. The molecule has 6 nitrogen and oxygen atoms in total. The molecule has 4 rings (SSSR count). The van der Waals surface area contributed by atoms with Gasteiger partial charge in [0.1, 0.15) is 5.65 Å². The van der Waals surface area contributed by atoms with Gasteiger partial charge < -0.3 is 10.3 Å². The number of aryl methyl sites for hydroxylation is 1. The Balaban J connectivity index is 1.62. The van der Waals surface area contributed by atoms with Crippen molar-refractivity contribution >= 4 is 22.7 Å². The van der Waals surface area contributed by atoms with Gasteiger partial charge in [0.15, 0.2) is 0 Å². The third kappa shape index (κ3) is 3.31. The first-order valence-corrected chi connectivity index (χ1v) is 9.26. The van der Waals surface area contributed by atoms with Crippen LogP contribution in [0.15, 0.2) is 40.8 Å². The Bertz CT molecular complexity index is 937. The Morgan fingerprint density at radius 1 is 1.19 bits per heavy atom. The van der Waals surface area contributed by atoms with Crippen molar-refractivity contribution in [3.63, 3.8) is 0 Å². The van der Waals surface area contributed by atoms with E-state index in [-0.39, 0.29) is 0 Å². The molecule has 0 saturated heterocycles. The second kappa shape index (κ2) is 7.23. The fourth-order valence-electron chi connectivity index (χ4n) is 3.69. The highest BCUT2D eigenvalue weighted by molar-refractivity contribution is 5.93. The zero-order chi connectivity index (χ0) is 17.9. The van der Waals surface area contributed by atoms with Gasteiger partial charge in [-0.1, -0.05) is 25.3 Å². The predicted octanol–water partition coefficient (Wildman–Crippen LogP) is 5.39. The normalized spacial score (nSPS) is 15.8. The molecule has 1 aliphatic rings. The van der Waals surface area contributed by atoms with E-state index in [1.807, 2.05) is 25.4 Å². The van der Waals surface area contributed by atoms with Crippen LogP contribution in [-0.2, 0) is 0 Å². The zero-order valence-electron chi connectivity index (χ0n) is 15.3. The number of H-pyrrole nitrogens is 1. The molecule has 0 bridgehead atoms. The minimum absolute atomic E-state index is 0.499. The molecule has 0 spiro atoms. The van der Waals surface area contributed by atoms with Crippen molar-refractivity contribution in [1.29, 1.82) is 0 Å². The molecule has 0 aliphatic heterocycles. The smallest absolute Gasteiger partial charge is 0.224 e. The van der Waals surface area contributed by atoms with Gasteiger partial charge in [-0.2, -0.15) is 15.2 Å². The van der Waals surface area contributed by atoms with Gasteiger partial charge in [0, 0.05) is 36.4 Å². The molecule has 1 saturated carbocycles. The number of benzene rings is 1. The van der Waals surface area contributed by atoms with E-state index in [2.05, 4.69) is 42.6 Å². The zero-order valence-corrected chi connectivity index (χ0v) is 15.3. The van der Waals surface area contributed by atoms with Crippen LogP contribution in [0.5, 0.6) is 0 Å². The maximum absolute atomic E-state index is 4.67. The van der Waals surface area contributed by atoms with E-state index in [1.54, 1.807) is 7.05 Å². The number of nitrogens with one attached hydrogen (secondary N) is 2. The number of hydrogen-bond acceptors (Lipinski definition) is 5. The Morgan fingerprint density at radius 2 is 2.04 bits per heavy atom. The van der Waals surface area contributed by atoms with Gasteiger partial charge >= 0.3 is 0 Å². The Morgan fingerprint density at radius 3 is 2.81 bits per heavy atom. The average Bonchev–Trinajstić information content (AvgIpc) is 3.08. The summed E-state index contributed by atoms with van der Waals surface area (Å²) in [6, 6.07) is 6.68. The van der Waals surface area contributed by atoms with Gasteiger partial charge in [-0.3, -0.25) is 0 Å². The van der Waals surface area contributed by atoms with Crippen molar-refractivity contribution in [3.05, 3.63) is 36.2 Å². The van der Waals surface area contributed by atoms with Crippen molar-refractivity contribution in [1.82, 2.24) is 15.0 Å². The molecular weight excluding hydrogens is 324 g/mol. The van der Waals surface area contributed by atoms with E-state index in [4.69, 9.17) is 0 Å². The van der Waals surface area contributed by atoms with Crippen LogP contribution in [0.4, 0.5) is 11.6 Å². The molecule has 0 unspecified atom stereocenters. The minimum Gasteiger partial charge on any atom is -0.351 e. The van der Waals surface area contributed by atoms with Crippen LogP contribution in [0.3, 0.4) is 0 Å². The highest BCUT2D eigenvalue weighted by Crippen LogP contribution is 2.31. The van der Waals surface area contributed by atoms with Crippen molar-refractivity contribution in [2.45, 2.75) is 45.1 Å². The second-order valence-electron chi connectivity index (χ2n) is 6.94. The summed E-state index contributed by atoms with van der Waals surface area (Å²) in [5.74, 6) is 0.715. The van der Waals surface area contributed by atoms with E-state index in [0.29, 0.717) is 12.0 Å². The van der Waals surface area contributed by atoms with Gasteiger partial charge in [-0.25, -0.2) is 4.98 Å². The summed E-state index contributed by atoms with van der Waals surface area (Å²) in [4.78, 5) is 12.5. The molecule has 2 heterocycles. The summed E-state index contributed by atoms with van der Waals surface area (Å²) in [6.45, 7) is 2.05. The highest BCUT2D eigenvalue weighted by atomic mass is 15.1. The fraction of sp³-hybridized carbons (Fsp3) is 0.400. The fourth-order valence-corrected chi connectivity index (χ4v) is 3.69. The Labute approximate surface area is 153 Å². The summed E-state index contributed by atoms with van der Waals surface area (Å²) in [5, 5.41) is 12.5. The van der Waals surface area contributed by atoms with Crippen LogP contribution in [0.1, 0.15) is 37.7 Å². The largest absolute Gasteiger partial charge is 0.351 e. The molecular formula is C20H24N6. The molecule has 26 heavy (non-hydrogen) atoms. The van der Waals surface area contributed by atoms with E-state index in [1.165, 1.54) is 32.1 Å². The number of rotatable bonds is 4. The number of aromatic nitrogens is 3. The minimum atomic E-state index is 0.499. The lowest BCUT2D eigenvalue weighted by Crippen LogP contribution is -2.23. The number of anilines is 1. The summed E-state index contributed by atoms with van der Waals surface area (Å²) >= 11 is 0. The Kier molecular flexibility index (Phi) is 4.65. The molecule has 1 aliphatic carbocycles. The molecule has 2 N–H and O–H groups in total. The molecule has 2 aromatic heterocycles. The van der Waals surface area contributed by atoms with E-state index in [0.717, 1.165) is 33.4 Å². The molecule has 0 radical (unpaired) electrons. The summed E-state index contributed by atoms with van der Waals surface area (Å²) < 4.78 is 0. The average molecular weight is 348 g/mol. The predicted molar refractivity (Wildman–Crippen MR) is 105 cm³/mol. The van der Waals surface area contributed by atoms with Crippen LogP contribution < -0.4 is 5.32 Å². The maximum Gasteiger partial charge on any atom is 0.224 e. The monoisotopic (exact) mass is 348 g/mol. The van der Waals surface area contributed by atoms with E-state index in [9.17, 15) is 0 Å². The number of hydrogen-bond donors (Lipinski definition) is 2. The van der Waals surface area contributed by atoms with Gasteiger partial charge in [-0.05, 0) is 43.0 Å². The Hall–Kier alpha value is -2.76. The van der Waals surface area contributed by atoms with E-state index < -0.39 is 0 Å². The van der Waals surface area contributed by atoms with Crippen molar-refractivity contribution in [3.8, 4) is 11.1 Å².